The van der Waals surface area contributed by atoms with Crippen molar-refractivity contribution in [2.75, 3.05) is 14.2 Å². The first kappa shape index (κ1) is 13.3. The summed E-state index contributed by atoms with van der Waals surface area (Å²) in [7, 11) is 2.58. The van der Waals surface area contributed by atoms with Gasteiger partial charge in [-0.15, -0.1) is 0 Å². The molecular weight excluding hydrogens is 248 g/mol. The molecule has 0 atom stereocenters. The van der Waals surface area contributed by atoms with Crippen LogP contribution in [0.5, 0.6) is 17.2 Å². The second-order valence-electron chi connectivity index (χ2n) is 3.21. The van der Waals surface area contributed by atoms with E-state index < -0.39 is 11.0 Å². The number of benzene rings is 1. The molecule has 0 bridgehead atoms. The largest absolute Gasteiger partial charge is 0.502 e. The van der Waals surface area contributed by atoms with Crippen LogP contribution in [0.4, 0.5) is 0 Å². The van der Waals surface area contributed by atoms with E-state index in [0.29, 0.717) is 0 Å². The van der Waals surface area contributed by atoms with Crippen LogP contribution in [0.15, 0.2) is 6.07 Å². The van der Waals surface area contributed by atoms with Crippen molar-refractivity contribution < 1.29 is 24.2 Å². The molecule has 0 aliphatic carbocycles. The molecule has 0 fully saturated rings. The molecule has 0 saturated carbocycles. The maximum absolute atomic E-state index is 11.5. The van der Waals surface area contributed by atoms with Gasteiger partial charge >= 0.3 is 0 Å². The highest BCUT2D eigenvalue weighted by Crippen LogP contribution is 2.41. The van der Waals surface area contributed by atoms with Crippen LogP contribution in [-0.4, -0.2) is 30.4 Å². The van der Waals surface area contributed by atoms with Crippen molar-refractivity contribution in [1.82, 2.24) is 0 Å². The van der Waals surface area contributed by atoms with Crippen LogP contribution in [0, 0.1) is 0 Å². The number of carbonyl (C=O) groups is 2. The Hall–Kier alpha value is -1.75. The number of ketones is 1. The Morgan fingerprint density at radius 1 is 1.29 bits per heavy atom. The first-order chi connectivity index (χ1) is 7.93. The Morgan fingerprint density at radius 3 is 2.24 bits per heavy atom. The van der Waals surface area contributed by atoms with Gasteiger partial charge in [0.2, 0.25) is 5.75 Å². The third-order valence-corrected chi connectivity index (χ3v) is 2.41. The lowest BCUT2D eigenvalue weighted by Crippen LogP contribution is -2.07. The van der Waals surface area contributed by atoms with Gasteiger partial charge < -0.3 is 14.6 Å². The van der Waals surface area contributed by atoms with Gasteiger partial charge in [0.05, 0.1) is 25.3 Å². The van der Waals surface area contributed by atoms with Crippen LogP contribution in [-0.2, 0) is 0 Å². The van der Waals surface area contributed by atoms with E-state index in [1.54, 1.807) is 0 Å². The molecule has 0 aromatic heterocycles. The van der Waals surface area contributed by atoms with E-state index in [4.69, 9.17) is 21.1 Å². The number of phenols is 1. The van der Waals surface area contributed by atoms with Gasteiger partial charge in [-0.2, -0.15) is 0 Å². The van der Waals surface area contributed by atoms with Crippen molar-refractivity contribution in [1.29, 1.82) is 0 Å². The summed E-state index contributed by atoms with van der Waals surface area (Å²) in [5, 5.41) is 8.94. The molecule has 0 radical (unpaired) electrons. The molecule has 0 spiro atoms. The highest BCUT2D eigenvalue weighted by atomic mass is 35.5. The fourth-order valence-corrected chi connectivity index (χ4v) is 1.63. The Morgan fingerprint density at radius 2 is 1.88 bits per heavy atom. The topological polar surface area (TPSA) is 72.8 Å². The zero-order chi connectivity index (χ0) is 13.2. The van der Waals surface area contributed by atoms with Crippen molar-refractivity contribution in [2.24, 2.45) is 0 Å². The molecule has 1 N–H and O–H groups in total. The average Bonchev–Trinajstić information content (AvgIpc) is 2.27. The molecule has 0 heterocycles. The van der Waals surface area contributed by atoms with Crippen LogP contribution in [0.2, 0.25) is 0 Å². The fraction of sp³-hybridized carbons (Fsp3) is 0.273. The monoisotopic (exact) mass is 258 g/mol. The molecule has 92 valence electrons. The van der Waals surface area contributed by atoms with Crippen LogP contribution in [0.1, 0.15) is 27.6 Å². The van der Waals surface area contributed by atoms with Crippen molar-refractivity contribution in [3.63, 3.8) is 0 Å². The first-order valence-electron chi connectivity index (χ1n) is 4.62. The van der Waals surface area contributed by atoms with Gasteiger partial charge in [-0.05, 0) is 24.6 Å². The van der Waals surface area contributed by atoms with E-state index in [1.807, 2.05) is 0 Å². The quantitative estimate of drug-likeness (QED) is 0.660. The van der Waals surface area contributed by atoms with E-state index in [9.17, 15) is 14.7 Å². The summed E-state index contributed by atoms with van der Waals surface area (Å²) >= 11 is 5.38. The molecule has 5 nitrogen and oxygen atoms in total. The molecule has 6 heteroatoms. The van der Waals surface area contributed by atoms with Crippen molar-refractivity contribution in [3.05, 3.63) is 17.2 Å². The highest BCUT2D eigenvalue weighted by molar-refractivity contribution is 6.68. The van der Waals surface area contributed by atoms with Gasteiger partial charge in [0.1, 0.15) is 0 Å². The van der Waals surface area contributed by atoms with Gasteiger partial charge in [0, 0.05) is 0 Å². The summed E-state index contributed by atoms with van der Waals surface area (Å²) in [6, 6.07) is 1.20. The highest BCUT2D eigenvalue weighted by Gasteiger charge is 2.24. The zero-order valence-corrected chi connectivity index (χ0v) is 10.3. The molecule has 0 amide bonds. The number of ether oxygens (including phenoxy) is 2. The maximum atomic E-state index is 11.5. The number of rotatable bonds is 4. The Bertz CT molecular complexity index is 481. The summed E-state index contributed by atoms with van der Waals surface area (Å²) in [5.41, 5.74) is -0.128. The SMILES string of the molecule is COc1cc(C(=O)Cl)c(C(C)=O)c(OC)c1O. The lowest BCUT2D eigenvalue weighted by molar-refractivity contribution is 0.0996. The molecular formula is C11H11ClO5. The molecule has 0 unspecified atom stereocenters. The van der Waals surface area contributed by atoms with Crippen LogP contribution < -0.4 is 9.47 Å². The van der Waals surface area contributed by atoms with Crippen LogP contribution >= 0.6 is 11.6 Å². The summed E-state index contributed by atoms with van der Waals surface area (Å²) < 4.78 is 9.77. The minimum Gasteiger partial charge on any atom is -0.502 e. The number of carbonyl (C=O) groups excluding carboxylic acids is 2. The van der Waals surface area contributed by atoms with Crippen LogP contribution in [0.3, 0.4) is 0 Å². The van der Waals surface area contributed by atoms with Gasteiger partial charge in [-0.1, -0.05) is 0 Å². The van der Waals surface area contributed by atoms with E-state index in [2.05, 4.69) is 0 Å². The number of Topliss-reactive ketones (excluding diaryl/α,β-unsaturated/α-hetero) is 1. The van der Waals surface area contributed by atoms with E-state index >= 15 is 0 Å². The van der Waals surface area contributed by atoms with E-state index in [0.717, 1.165) is 0 Å². The van der Waals surface area contributed by atoms with Crippen molar-refractivity contribution >= 4 is 22.6 Å². The minimum absolute atomic E-state index is 0.0100. The number of methoxy groups -OCH3 is 2. The maximum Gasteiger partial charge on any atom is 0.253 e. The smallest absolute Gasteiger partial charge is 0.253 e. The summed E-state index contributed by atoms with van der Waals surface area (Å²) in [4.78, 5) is 22.7. The summed E-state index contributed by atoms with van der Waals surface area (Å²) in [5.74, 6) is -0.901. The predicted octanol–water partition coefficient (Wildman–Crippen LogP) is 1.99. The molecule has 0 saturated heterocycles. The normalized spacial score (nSPS) is 9.88. The zero-order valence-electron chi connectivity index (χ0n) is 9.54. The number of phenolic OH excluding ortho intramolecular Hbond substituents is 1. The van der Waals surface area contributed by atoms with E-state index in [1.165, 1.54) is 27.2 Å². The molecule has 17 heavy (non-hydrogen) atoms. The Balaban J connectivity index is 3.70. The first-order valence-corrected chi connectivity index (χ1v) is 5.00. The van der Waals surface area contributed by atoms with Crippen LogP contribution in [0.25, 0.3) is 0 Å². The average molecular weight is 259 g/mol. The number of hydrogen-bond donors (Lipinski definition) is 1. The Labute approximate surface area is 103 Å². The lowest BCUT2D eigenvalue weighted by Gasteiger charge is -2.14. The Kier molecular flexibility index (Phi) is 3.96. The third-order valence-electron chi connectivity index (χ3n) is 2.21. The molecule has 0 aliphatic heterocycles. The standard InChI is InChI=1S/C11H11ClO5/c1-5(13)8-6(11(12)15)4-7(16-2)9(14)10(8)17-3/h4,14H,1-3H3. The predicted molar refractivity (Wildman–Crippen MR) is 61.4 cm³/mol. The second-order valence-corrected chi connectivity index (χ2v) is 3.56. The second kappa shape index (κ2) is 5.05. The molecule has 1 rings (SSSR count). The number of halogens is 1. The molecule has 0 aliphatic rings. The van der Waals surface area contributed by atoms with Gasteiger partial charge in [0.15, 0.2) is 17.3 Å². The number of hydrogen-bond acceptors (Lipinski definition) is 5. The lowest BCUT2D eigenvalue weighted by atomic mass is 10.0. The summed E-state index contributed by atoms with van der Waals surface area (Å²) in [6.07, 6.45) is 0. The van der Waals surface area contributed by atoms with Gasteiger partial charge in [-0.25, -0.2) is 0 Å². The van der Waals surface area contributed by atoms with Crippen molar-refractivity contribution in [2.45, 2.75) is 6.92 Å². The van der Waals surface area contributed by atoms with Crippen molar-refractivity contribution in [3.8, 4) is 17.2 Å². The summed E-state index contributed by atoms with van der Waals surface area (Å²) in [6.45, 7) is 1.24. The van der Waals surface area contributed by atoms with E-state index in [-0.39, 0.29) is 28.4 Å². The van der Waals surface area contributed by atoms with Gasteiger partial charge in [0.25, 0.3) is 5.24 Å². The fourth-order valence-electron chi connectivity index (χ4n) is 1.48. The number of aromatic hydroxyl groups is 1. The third kappa shape index (κ3) is 2.34. The molecule has 1 aromatic carbocycles. The minimum atomic E-state index is -0.827. The molecule has 1 aromatic rings. The van der Waals surface area contributed by atoms with Gasteiger partial charge in [-0.3, -0.25) is 9.59 Å².